The van der Waals surface area contributed by atoms with Crippen LogP contribution in [-0.4, -0.2) is 28.3 Å². The van der Waals surface area contributed by atoms with Gasteiger partial charge in [0.2, 0.25) is 0 Å². The molecule has 1 aliphatic carbocycles. The van der Waals surface area contributed by atoms with Crippen molar-refractivity contribution in [2.24, 2.45) is 5.73 Å². The molecule has 1 fully saturated rings. The number of H-pyrrole nitrogens is 1. The summed E-state index contributed by atoms with van der Waals surface area (Å²) in [7, 11) is 0. The third-order valence-electron chi connectivity index (χ3n) is 3.65. The highest BCUT2D eigenvalue weighted by Gasteiger charge is 2.37. The van der Waals surface area contributed by atoms with E-state index in [0.717, 1.165) is 30.9 Å². The molecule has 0 bridgehead atoms. The number of hydrogen-bond acceptors (Lipinski definition) is 4. The molecular weight excluding hydrogens is 228 g/mol. The van der Waals surface area contributed by atoms with Crippen molar-refractivity contribution in [3.8, 4) is 0 Å². The van der Waals surface area contributed by atoms with Crippen molar-refractivity contribution in [3.63, 3.8) is 0 Å². The molecule has 0 saturated heterocycles. The minimum atomic E-state index is -0.269. The zero-order valence-corrected chi connectivity index (χ0v) is 11.2. The number of nitrogens with two attached hydrogens (primary N) is 1. The van der Waals surface area contributed by atoms with E-state index in [1.165, 1.54) is 25.7 Å². The summed E-state index contributed by atoms with van der Waals surface area (Å²) < 4.78 is 6.05. The zero-order valence-electron chi connectivity index (χ0n) is 11.2. The van der Waals surface area contributed by atoms with Crippen molar-refractivity contribution in [3.05, 3.63) is 11.6 Å². The lowest BCUT2D eigenvalue weighted by Gasteiger charge is -2.29. The summed E-state index contributed by atoms with van der Waals surface area (Å²) >= 11 is 0. The fraction of sp³-hybridized carbons (Fsp3) is 0.846. The number of aromatic nitrogens is 3. The Kier molecular flexibility index (Phi) is 4.72. The first kappa shape index (κ1) is 13.5. The van der Waals surface area contributed by atoms with Gasteiger partial charge in [0, 0.05) is 13.0 Å². The van der Waals surface area contributed by atoms with Crippen molar-refractivity contribution < 1.29 is 4.74 Å². The summed E-state index contributed by atoms with van der Waals surface area (Å²) in [4.78, 5) is 4.58. The van der Waals surface area contributed by atoms with E-state index in [2.05, 4.69) is 15.2 Å². The number of aromatic amines is 1. The lowest BCUT2D eigenvalue weighted by Crippen LogP contribution is -2.31. The van der Waals surface area contributed by atoms with Crippen LogP contribution in [0.3, 0.4) is 0 Å². The quantitative estimate of drug-likeness (QED) is 0.785. The van der Waals surface area contributed by atoms with Gasteiger partial charge in [-0.1, -0.05) is 25.7 Å². The smallest absolute Gasteiger partial charge is 0.182 e. The minimum Gasteiger partial charge on any atom is -0.367 e. The summed E-state index contributed by atoms with van der Waals surface area (Å²) in [6, 6.07) is 0. The number of hydrogen-bond donors (Lipinski definition) is 2. The van der Waals surface area contributed by atoms with Crippen molar-refractivity contribution in [1.29, 1.82) is 0 Å². The number of ether oxygens (including phenoxy) is 1. The SMILES string of the molecule is CCOC1(c2n[nH]c(CCN)n2)CCCCCC1. The molecule has 1 aromatic rings. The van der Waals surface area contributed by atoms with Crippen LogP contribution in [0.2, 0.25) is 0 Å². The van der Waals surface area contributed by atoms with Gasteiger partial charge in [0.25, 0.3) is 0 Å². The van der Waals surface area contributed by atoms with Gasteiger partial charge in [0.15, 0.2) is 5.82 Å². The Morgan fingerprint density at radius 3 is 2.61 bits per heavy atom. The monoisotopic (exact) mass is 252 g/mol. The Labute approximate surface area is 109 Å². The van der Waals surface area contributed by atoms with Crippen LogP contribution in [0, 0.1) is 0 Å². The van der Waals surface area contributed by atoms with Crippen molar-refractivity contribution in [2.45, 2.75) is 57.5 Å². The predicted molar refractivity (Wildman–Crippen MR) is 70.1 cm³/mol. The summed E-state index contributed by atoms with van der Waals surface area (Å²) in [5.74, 6) is 1.70. The standard InChI is InChI=1S/C13H24N4O/c1-2-18-13(8-5-3-4-6-9-13)12-15-11(7-10-14)16-17-12/h2-10,14H2,1H3,(H,15,16,17). The molecule has 18 heavy (non-hydrogen) atoms. The van der Waals surface area contributed by atoms with E-state index >= 15 is 0 Å². The summed E-state index contributed by atoms with van der Waals surface area (Å²) in [6.45, 7) is 3.34. The molecule has 102 valence electrons. The van der Waals surface area contributed by atoms with Crippen molar-refractivity contribution in [1.82, 2.24) is 15.2 Å². The molecule has 1 aromatic heterocycles. The second-order valence-corrected chi connectivity index (χ2v) is 4.99. The van der Waals surface area contributed by atoms with E-state index < -0.39 is 0 Å². The van der Waals surface area contributed by atoms with Crippen LogP contribution in [-0.2, 0) is 16.8 Å². The van der Waals surface area contributed by atoms with Gasteiger partial charge in [-0.05, 0) is 26.3 Å². The Morgan fingerprint density at radius 2 is 2.00 bits per heavy atom. The Hall–Kier alpha value is -0.940. The average molecular weight is 252 g/mol. The van der Waals surface area contributed by atoms with Gasteiger partial charge in [-0.15, -0.1) is 0 Å². The molecule has 0 aromatic carbocycles. The third kappa shape index (κ3) is 2.90. The average Bonchev–Trinajstić information content (AvgIpc) is 2.70. The molecule has 1 heterocycles. The van der Waals surface area contributed by atoms with E-state index in [1.807, 2.05) is 6.92 Å². The third-order valence-corrected chi connectivity index (χ3v) is 3.65. The molecule has 0 amide bonds. The first-order valence-corrected chi connectivity index (χ1v) is 7.06. The second-order valence-electron chi connectivity index (χ2n) is 4.99. The molecular formula is C13H24N4O. The van der Waals surface area contributed by atoms with Gasteiger partial charge < -0.3 is 10.5 Å². The van der Waals surface area contributed by atoms with E-state index in [0.29, 0.717) is 13.2 Å². The van der Waals surface area contributed by atoms with Gasteiger partial charge in [-0.2, -0.15) is 5.10 Å². The van der Waals surface area contributed by atoms with E-state index in [4.69, 9.17) is 10.5 Å². The highest BCUT2D eigenvalue weighted by atomic mass is 16.5. The van der Waals surface area contributed by atoms with Gasteiger partial charge in [-0.3, -0.25) is 5.10 Å². The van der Waals surface area contributed by atoms with Crippen LogP contribution in [0.1, 0.15) is 57.1 Å². The predicted octanol–water partition coefficient (Wildman–Crippen LogP) is 1.89. The number of nitrogens with zero attached hydrogens (tertiary/aromatic N) is 2. The largest absolute Gasteiger partial charge is 0.367 e. The van der Waals surface area contributed by atoms with Gasteiger partial charge in [-0.25, -0.2) is 4.98 Å². The first-order chi connectivity index (χ1) is 8.80. The zero-order chi connectivity index (χ0) is 12.8. The van der Waals surface area contributed by atoms with Crippen LogP contribution in [0.25, 0.3) is 0 Å². The maximum atomic E-state index is 6.05. The first-order valence-electron chi connectivity index (χ1n) is 7.06. The maximum Gasteiger partial charge on any atom is 0.182 e. The summed E-state index contributed by atoms with van der Waals surface area (Å²) in [6.07, 6.45) is 7.77. The molecule has 0 atom stereocenters. The molecule has 0 radical (unpaired) electrons. The molecule has 0 unspecified atom stereocenters. The fourth-order valence-electron chi connectivity index (χ4n) is 2.76. The molecule has 0 aliphatic heterocycles. The fourth-order valence-corrected chi connectivity index (χ4v) is 2.76. The van der Waals surface area contributed by atoms with E-state index in [-0.39, 0.29) is 5.60 Å². The maximum absolute atomic E-state index is 6.05. The molecule has 5 heteroatoms. The van der Waals surface area contributed by atoms with Gasteiger partial charge in [0.1, 0.15) is 11.4 Å². The Balaban J connectivity index is 2.20. The van der Waals surface area contributed by atoms with Gasteiger partial charge >= 0.3 is 0 Å². The van der Waals surface area contributed by atoms with Crippen LogP contribution in [0.4, 0.5) is 0 Å². The molecule has 1 saturated carbocycles. The lowest BCUT2D eigenvalue weighted by atomic mass is 9.93. The molecule has 0 spiro atoms. The van der Waals surface area contributed by atoms with Crippen molar-refractivity contribution >= 4 is 0 Å². The van der Waals surface area contributed by atoms with E-state index in [9.17, 15) is 0 Å². The van der Waals surface area contributed by atoms with Gasteiger partial charge in [0.05, 0.1) is 0 Å². The highest BCUT2D eigenvalue weighted by Crippen LogP contribution is 2.37. The number of nitrogens with one attached hydrogen (secondary N) is 1. The van der Waals surface area contributed by atoms with Crippen molar-refractivity contribution in [2.75, 3.05) is 13.2 Å². The lowest BCUT2D eigenvalue weighted by molar-refractivity contribution is -0.0622. The molecule has 5 nitrogen and oxygen atoms in total. The van der Waals surface area contributed by atoms with E-state index in [1.54, 1.807) is 0 Å². The Morgan fingerprint density at radius 1 is 1.28 bits per heavy atom. The normalized spacial score (nSPS) is 19.7. The molecule has 3 N–H and O–H groups in total. The van der Waals surface area contributed by atoms with Crippen LogP contribution in [0.5, 0.6) is 0 Å². The molecule has 1 aliphatic rings. The Bertz CT molecular complexity index is 356. The summed E-state index contributed by atoms with van der Waals surface area (Å²) in [5.41, 5.74) is 5.28. The van der Waals surface area contributed by atoms with Crippen LogP contribution in [0.15, 0.2) is 0 Å². The second kappa shape index (κ2) is 6.29. The van der Waals surface area contributed by atoms with Crippen LogP contribution < -0.4 is 5.73 Å². The molecule has 2 rings (SSSR count). The topological polar surface area (TPSA) is 76.8 Å². The minimum absolute atomic E-state index is 0.269. The highest BCUT2D eigenvalue weighted by molar-refractivity contribution is 5.04. The summed E-state index contributed by atoms with van der Waals surface area (Å²) in [5, 5.41) is 7.36. The number of rotatable bonds is 5. The van der Waals surface area contributed by atoms with Crippen LogP contribution >= 0.6 is 0 Å².